The zero-order chi connectivity index (χ0) is 33.5. The number of anilines is 3. The topological polar surface area (TPSA) is 8.17 Å². The summed E-state index contributed by atoms with van der Waals surface area (Å²) in [6.45, 7) is 0. The number of benzene rings is 9. The molecule has 0 aliphatic heterocycles. The molecule has 0 spiro atoms. The molecule has 11 aromatic rings. The van der Waals surface area contributed by atoms with Gasteiger partial charge in [0, 0.05) is 47.7 Å². The Labute approximate surface area is 298 Å². The summed E-state index contributed by atoms with van der Waals surface area (Å²) in [4.78, 5) is 2.52. The zero-order valence-corrected chi connectivity index (χ0v) is 28.4. The van der Waals surface area contributed by atoms with Crippen molar-refractivity contribution in [2.24, 2.45) is 0 Å². The largest absolute Gasteiger partial charge is 0.308 e. The zero-order valence-electron chi connectivity index (χ0n) is 27.6. The average molecular weight is 667 g/mol. The van der Waals surface area contributed by atoms with Crippen molar-refractivity contribution in [2.45, 2.75) is 0 Å². The second kappa shape index (κ2) is 11.0. The van der Waals surface area contributed by atoms with E-state index in [4.69, 9.17) is 0 Å². The molecule has 2 aromatic heterocycles. The first kappa shape index (κ1) is 28.4. The summed E-state index contributed by atoms with van der Waals surface area (Å²) < 4.78 is 5.04. The van der Waals surface area contributed by atoms with E-state index in [-0.39, 0.29) is 0 Å². The molecule has 2 heterocycles. The van der Waals surface area contributed by atoms with Gasteiger partial charge < -0.3 is 9.47 Å². The number of fused-ring (bicyclic) bond motifs is 11. The van der Waals surface area contributed by atoms with E-state index in [9.17, 15) is 0 Å². The molecule has 0 atom stereocenters. The minimum atomic E-state index is 1.14. The van der Waals surface area contributed by atoms with Crippen LogP contribution in [0.25, 0.3) is 80.0 Å². The monoisotopic (exact) mass is 666 g/mol. The molecule has 3 heteroatoms. The number of thiophene rings is 1. The molecule has 238 valence electrons. The quantitative estimate of drug-likeness (QED) is 0.170. The molecule has 9 aromatic carbocycles. The average Bonchev–Trinajstić information content (AvgIpc) is 3.74. The Morgan fingerprint density at radius 2 is 1.02 bits per heavy atom. The second-order valence-corrected chi connectivity index (χ2v) is 14.4. The highest BCUT2D eigenvalue weighted by Gasteiger charge is 2.24. The van der Waals surface area contributed by atoms with Crippen molar-refractivity contribution in [2.75, 3.05) is 4.90 Å². The number of nitrogens with zero attached hydrogens (tertiary/aromatic N) is 2. The second-order valence-electron chi connectivity index (χ2n) is 13.3. The van der Waals surface area contributed by atoms with Crippen molar-refractivity contribution >= 4 is 103 Å². The molecule has 0 aliphatic rings. The summed E-state index contributed by atoms with van der Waals surface area (Å²) in [6, 6.07) is 66.9. The van der Waals surface area contributed by atoms with Gasteiger partial charge in [-0.05, 0) is 75.5 Å². The SMILES string of the molecule is c1ccc(-n2c3ccccc3c3cccc(N(c4ccc5c(c4)sc4ccccc45)c4cc5c6ccccc6ccc5c5ccccc45)c32)cc1. The summed E-state index contributed by atoms with van der Waals surface area (Å²) in [6.07, 6.45) is 0. The highest BCUT2D eigenvalue weighted by Crippen LogP contribution is 2.48. The highest BCUT2D eigenvalue weighted by atomic mass is 32.1. The lowest BCUT2D eigenvalue weighted by molar-refractivity contribution is 1.17. The van der Waals surface area contributed by atoms with Gasteiger partial charge in [-0.3, -0.25) is 0 Å². The predicted octanol–water partition coefficient (Wildman–Crippen LogP) is 14.1. The van der Waals surface area contributed by atoms with Crippen molar-refractivity contribution in [1.82, 2.24) is 4.57 Å². The van der Waals surface area contributed by atoms with Crippen LogP contribution in [0.5, 0.6) is 0 Å². The number of aromatic nitrogens is 1. The molecule has 0 saturated carbocycles. The Balaban J connectivity index is 1.31. The van der Waals surface area contributed by atoms with Gasteiger partial charge in [-0.1, -0.05) is 133 Å². The van der Waals surface area contributed by atoms with Gasteiger partial charge in [0.05, 0.1) is 22.4 Å². The fourth-order valence-electron chi connectivity index (χ4n) is 8.31. The normalized spacial score (nSPS) is 11.9. The lowest BCUT2D eigenvalue weighted by Crippen LogP contribution is -2.12. The van der Waals surface area contributed by atoms with Crippen molar-refractivity contribution in [3.8, 4) is 5.69 Å². The van der Waals surface area contributed by atoms with E-state index >= 15 is 0 Å². The smallest absolute Gasteiger partial charge is 0.0782 e. The molecule has 2 nitrogen and oxygen atoms in total. The maximum atomic E-state index is 2.52. The first-order chi connectivity index (χ1) is 25.3. The molecule has 11 rings (SSSR count). The third kappa shape index (κ3) is 4.22. The van der Waals surface area contributed by atoms with E-state index in [1.54, 1.807) is 0 Å². The van der Waals surface area contributed by atoms with Crippen LogP contribution >= 0.6 is 11.3 Å². The van der Waals surface area contributed by atoms with Crippen molar-refractivity contribution < 1.29 is 0 Å². The Kier molecular flexibility index (Phi) is 6.16. The van der Waals surface area contributed by atoms with Gasteiger partial charge in [0.2, 0.25) is 0 Å². The van der Waals surface area contributed by atoms with Crippen molar-refractivity contribution in [3.63, 3.8) is 0 Å². The van der Waals surface area contributed by atoms with Gasteiger partial charge in [0.15, 0.2) is 0 Å². The molecular formula is C48H30N2S. The number of rotatable bonds is 4. The van der Waals surface area contributed by atoms with Crippen LogP contribution in [-0.2, 0) is 0 Å². The van der Waals surface area contributed by atoms with Crippen molar-refractivity contribution in [3.05, 3.63) is 182 Å². The molecule has 0 radical (unpaired) electrons. The fraction of sp³-hybridized carbons (Fsp3) is 0. The minimum Gasteiger partial charge on any atom is -0.308 e. The first-order valence-electron chi connectivity index (χ1n) is 17.4. The minimum absolute atomic E-state index is 1.14. The van der Waals surface area contributed by atoms with Crippen LogP contribution in [0.4, 0.5) is 17.1 Å². The van der Waals surface area contributed by atoms with Gasteiger partial charge in [0.25, 0.3) is 0 Å². The maximum Gasteiger partial charge on any atom is 0.0782 e. The van der Waals surface area contributed by atoms with Crippen LogP contribution in [0.3, 0.4) is 0 Å². The van der Waals surface area contributed by atoms with E-state index in [1.165, 1.54) is 74.3 Å². The van der Waals surface area contributed by atoms with E-state index in [2.05, 4.69) is 191 Å². The number of para-hydroxylation sites is 3. The molecule has 0 aliphatic carbocycles. The van der Waals surface area contributed by atoms with Gasteiger partial charge in [-0.25, -0.2) is 0 Å². The Morgan fingerprint density at radius 1 is 0.373 bits per heavy atom. The highest BCUT2D eigenvalue weighted by molar-refractivity contribution is 7.25. The maximum absolute atomic E-state index is 2.52. The van der Waals surface area contributed by atoms with E-state index in [0.29, 0.717) is 0 Å². The van der Waals surface area contributed by atoms with Crippen LogP contribution in [-0.4, -0.2) is 4.57 Å². The molecule has 0 fully saturated rings. The van der Waals surface area contributed by atoms with Crippen LogP contribution in [0.1, 0.15) is 0 Å². The Morgan fingerprint density at radius 3 is 1.90 bits per heavy atom. The van der Waals surface area contributed by atoms with E-state index < -0.39 is 0 Å². The van der Waals surface area contributed by atoms with Crippen LogP contribution in [0, 0.1) is 0 Å². The number of hydrogen-bond acceptors (Lipinski definition) is 2. The van der Waals surface area contributed by atoms with Gasteiger partial charge in [-0.15, -0.1) is 11.3 Å². The standard InChI is InChI=1S/C48H30N2S/c1-2-14-32(15-3-1)50-43-22-10-8-19-38(43)41-21-12-23-44(48(41)50)49(33-26-28-40-39-20-9-11-24-46(39)51-47(40)29-33)45-30-42-34-16-5-4-13-31(34)25-27-36(42)35-17-6-7-18-37(35)45/h1-30H. The molecular weight excluding hydrogens is 637 g/mol. The van der Waals surface area contributed by atoms with Crippen LogP contribution in [0.2, 0.25) is 0 Å². The summed E-state index contributed by atoms with van der Waals surface area (Å²) >= 11 is 1.87. The molecule has 0 saturated heterocycles. The summed E-state index contributed by atoms with van der Waals surface area (Å²) in [5, 5.41) is 12.6. The predicted molar refractivity (Wildman–Crippen MR) is 221 cm³/mol. The summed E-state index contributed by atoms with van der Waals surface area (Å²) in [5.41, 5.74) is 6.95. The van der Waals surface area contributed by atoms with Gasteiger partial charge in [-0.2, -0.15) is 0 Å². The fourth-order valence-corrected chi connectivity index (χ4v) is 9.45. The third-order valence-electron chi connectivity index (χ3n) is 10.5. The molecule has 0 amide bonds. The van der Waals surface area contributed by atoms with Gasteiger partial charge in [0.1, 0.15) is 0 Å². The molecule has 0 unspecified atom stereocenters. The Bertz CT molecular complexity index is 3150. The van der Waals surface area contributed by atoms with Crippen LogP contribution < -0.4 is 4.90 Å². The third-order valence-corrected chi connectivity index (χ3v) is 11.7. The Hall–Kier alpha value is -6.42. The molecule has 0 N–H and O–H groups in total. The molecule has 51 heavy (non-hydrogen) atoms. The lowest BCUT2D eigenvalue weighted by atomic mass is 9.95. The van der Waals surface area contributed by atoms with Crippen molar-refractivity contribution in [1.29, 1.82) is 0 Å². The lowest BCUT2D eigenvalue weighted by Gasteiger charge is -2.29. The summed E-state index contributed by atoms with van der Waals surface area (Å²) in [5.74, 6) is 0. The van der Waals surface area contributed by atoms with E-state index in [0.717, 1.165) is 22.7 Å². The summed E-state index contributed by atoms with van der Waals surface area (Å²) in [7, 11) is 0. The first-order valence-corrected chi connectivity index (χ1v) is 18.3. The van der Waals surface area contributed by atoms with Gasteiger partial charge >= 0.3 is 0 Å². The van der Waals surface area contributed by atoms with Crippen LogP contribution in [0.15, 0.2) is 182 Å². The van der Waals surface area contributed by atoms with E-state index in [1.807, 2.05) is 11.3 Å². The number of hydrogen-bond donors (Lipinski definition) is 0. The molecule has 0 bridgehead atoms.